The Bertz CT molecular complexity index is 1020. The van der Waals surface area contributed by atoms with E-state index in [1.165, 1.54) is 0 Å². The van der Waals surface area contributed by atoms with E-state index in [2.05, 4.69) is 15.6 Å². The van der Waals surface area contributed by atoms with E-state index in [9.17, 15) is 9.59 Å². The van der Waals surface area contributed by atoms with Crippen molar-refractivity contribution in [1.29, 1.82) is 0 Å². The van der Waals surface area contributed by atoms with Gasteiger partial charge in [-0.2, -0.15) is 0 Å². The third-order valence-corrected chi connectivity index (χ3v) is 4.35. The molecule has 2 heterocycles. The Morgan fingerprint density at radius 2 is 2.00 bits per heavy atom. The third-order valence-electron chi connectivity index (χ3n) is 4.35. The van der Waals surface area contributed by atoms with Gasteiger partial charge < -0.3 is 14.5 Å². The van der Waals surface area contributed by atoms with E-state index in [0.717, 1.165) is 11.3 Å². The molecule has 0 saturated heterocycles. The summed E-state index contributed by atoms with van der Waals surface area (Å²) in [6, 6.07) is 9.44. The minimum Gasteiger partial charge on any atom is -0.497 e. The van der Waals surface area contributed by atoms with Crippen molar-refractivity contribution >= 4 is 11.7 Å². The highest BCUT2D eigenvalue weighted by Gasteiger charge is 2.18. The van der Waals surface area contributed by atoms with Crippen molar-refractivity contribution in [2.75, 3.05) is 12.4 Å². The van der Waals surface area contributed by atoms with Crippen LogP contribution in [0.3, 0.4) is 0 Å². The van der Waals surface area contributed by atoms with Crippen LogP contribution in [0.25, 0.3) is 0 Å². The van der Waals surface area contributed by atoms with Gasteiger partial charge in [-0.05, 0) is 49.6 Å². The molecule has 1 N–H and O–H groups in total. The van der Waals surface area contributed by atoms with Gasteiger partial charge in [-0.15, -0.1) is 5.10 Å². The fourth-order valence-corrected chi connectivity index (χ4v) is 2.82. The van der Waals surface area contributed by atoms with Gasteiger partial charge >= 0.3 is 5.63 Å². The van der Waals surface area contributed by atoms with Crippen LogP contribution in [-0.4, -0.2) is 28.0 Å². The van der Waals surface area contributed by atoms with Crippen molar-refractivity contribution in [1.82, 2.24) is 15.0 Å². The summed E-state index contributed by atoms with van der Waals surface area (Å²) in [5.41, 5.74) is 0.965. The fourth-order valence-electron chi connectivity index (χ4n) is 2.82. The molecule has 0 aliphatic rings. The largest absolute Gasteiger partial charge is 0.497 e. The zero-order valence-corrected chi connectivity index (χ0v) is 16.1. The maximum atomic E-state index is 12.4. The van der Waals surface area contributed by atoms with Gasteiger partial charge in [-0.3, -0.25) is 9.48 Å². The maximum absolute atomic E-state index is 12.4. The van der Waals surface area contributed by atoms with Gasteiger partial charge in [0.1, 0.15) is 17.1 Å². The lowest BCUT2D eigenvalue weighted by Crippen LogP contribution is -2.23. The van der Waals surface area contributed by atoms with Crippen molar-refractivity contribution in [2.24, 2.45) is 0 Å². The van der Waals surface area contributed by atoms with Crippen LogP contribution in [0.15, 0.2) is 45.7 Å². The summed E-state index contributed by atoms with van der Waals surface area (Å²) < 4.78 is 12.1. The Kier molecular flexibility index (Phi) is 5.88. The number of hydrogen-bond donors (Lipinski definition) is 1. The van der Waals surface area contributed by atoms with E-state index in [1.54, 1.807) is 31.0 Å². The van der Waals surface area contributed by atoms with Crippen LogP contribution in [-0.2, 0) is 19.4 Å². The molecule has 8 heteroatoms. The van der Waals surface area contributed by atoms with Crippen molar-refractivity contribution < 1.29 is 13.9 Å². The Morgan fingerprint density at radius 1 is 1.25 bits per heavy atom. The second-order valence-electron chi connectivity index (χ2n) is 6.32. The van der Waals surface area contributed by atoms with Crippen molar-refractivity contribution in [2.45, 2.75) is 33.2 Å². The number of nitrogens with zero attached hydrogens (tertiary/aromatic N) is 3. The number of nitrogens with one attached hydrogen (secondary N) is 1. The van der Waals surface area contributed by atoms with Gasteiger partial charge in [0.25, 0.3) is 5.91 Å². The standard InChI is InChI=1S/C20H22N4O4/c1-4-24-12-17(22-23-24)21-19(25)18-13(2)11-16(28-20(18)26)10-7-14-5-8-15(27-3)9-6-14/h5-6,8-9,11-12H,4,7,10H2,1-3H3,(H,21,25). The molecule has 1 aromatic carbocycles. The topological polar surface area (TPSA) is 99.2 Å². The Labute approximate surface area is 162 Å². The zero-order valence-electron chi connectivity index (χ0n) is 16.1. The average molecular weight is 382 g/mol. The molecule has 0 spiro atoms. The van der Waals surface area contributed by atoms with E-state index in [1.807, 2.05) is 31.2 Å². The summed E-state index contributed by atoms with van der Waals surface area (Å²) in [7, 11) is 1.62. The summed E-state index contributed by atoms with van der Waals surface area (Å²) in [5, 5.41) is 10.3. The quantitative estimate of drug-likeness (QED) is 0.674. The van der Waals surface area contributed by atoms with Crippen molar-refractivity contribution in [3.8, 4) is 5.75 Å². The summed E-state index contributed by atoms with van der Waals surface area (Å²) in [6.45, 7) is 4.25. The normalized spacial score (nSPS) is 10.7. The SMILES string of the molecule is CCn1cc(NC(=O)c2c(C)cc(CCc3ccc(OC)cc3)oc2=O)nn1. The lowest BCUT2D eigenvalue weighted by atomic mass is 10.1. The van der Waals surface area contributed by atoms with Gasteiger partial charge in [-0.25, -0.2) is 4.79 Å². The number of hydrogen-bond acceptors (Lipinski definition) is 6. The summed E-state index contributed by atoms with van der Waals surface area (Å²) in [6.07, 6.45) is 2.85. The Balaban J connectivity index is 1.70. The highest BCUT2D eigenvalue weighted by atomic mass is 16.5. The number of aryl methyl sites for hydroxylation is 4. The molecule has 3 aromatic rings. The Morgan fingerprint density at radius 3 is 2.61 bits per heavy atom. The molecule has 0 aliphatic heterocycles. The second kappa shape index (κ2) is 8.51. The van der Waals surface area contributed by atoms with Crippen LogP contribution in [0.4, 0.5) is 5.82 Å². The van der Waals surface area contributed by atoms with E-state index in [-0.39, 0.29) is 11.4 Å². The molecule has 0 atom stereocenters. The lowest BCUT2D eigenvalue weighted by Gasteiger charge is -2.07. The van der Waals surface area contributed by atoms with Crippen LogP contribution >= 0.6 is 0 Å². The lowest BCUT2D eigenvalue weighted by molar-refractivity contribution is 0.102. The van der Waals surface area contributed by atoms with Crippen LogP contribution in [0.1, 0.15) is 34.2 Å². The van der Waals surface area contributed by atoms with E-state index in [4.69, 9.17) is 9.15 Å². The van der Waals surface area contributed by atoms with Crippen LogP contribution in [0, 0.1) is 6.92 Å². The minimum atomic E-state index is -0.662. The number of methoxy groups -OCH3 is 1. The number of aromatic nitrogens is 3. The van der Waals surface area contributed by atoms with E-state index in [0.29, 0.717) is 30.7 Å². The zero-order chi connectivity index (χ0) is 20.1. The number of rotatable bonds is 7. The summed E-state index contributed by atoms with van der Waals surface area (Å²) in [4.78, 5) is 24.8. The first-order valence-corrected chi connectivity index (χ1v) is 8.98. The van der Waals surface area contributed by atoms with Gasteiger partial charge in [0, 0.05) is 13.0 Å². The van der Waals surface area contributed by atoms with Gasteiger partial charge in [-0.1, -0.05) is 17.3 Å². The van der Waals surface area contributed by atoms with Crippen LogP contribution in [0.2, 0.25) is 0 Å². The molecule has 8 nitrogen and oxygen atoms in total. The fraction of sp³-hybridized carbons (Fsp3) is 0.300. The molecule has 0 aliphatic carbocycles. The monoisotopic (exact) mass is 382 g/mol. The Hall–Kier alpha value is -3.42. The summed E-state index contributed by atoms with van der Waals surface area (Å²) >= 11 is 0. The third kappa shape index (κ3) is 4.46. The molecule has 0 saturated carbocycles. The average Bonchev–Trinajstić information content (AvgIpc) is 3.13. The minimum absolute atomic E-state index is 0.0285. The maximum Gasteiger partial charge on any atom is 0.349 e. The summed E-state index contributed by atoms with van der Waals surface area (Å²) in [5.74, 6) is 1.05. The van der Waals surface area contributed by atoms with E-state index < -0.39 is 11.5 Å². The first kappa shape index (κ1) is 19.3. The van der Waals surface area contributed by atoms with Gasteiger partial charge in [0.2, 0.25) is 0 Å². The number of ether oxygens (including phenoxy) is 1. The number of benzene rings is 1. The smallest absolute Gasteiger partial charge is 0.349 e. The van der Waals surface area contributed by atoms with Crippen LogP contribution in [0.5, 0.6) is 5.75 Å². The molecular formula is C20H22N4O4. The first-order chi connectivity index (χ1) is 13.5. The molecule has 0 unspecified atom stereocenters. The highest BCUT2D eigenvalue weighted by molar-refractivity contribution is 6.04. The molecular weight excluding hydrogens is 360 g/mol. The van der Waals surface area contributed by atoms with Gasteiger partial charge in [0.05, 0.1) is 13.3 Å². The number of anilines is 1. The predicted molar refractivity (Wildman–Crippen MR) is 104 cm³/mol. The predicted octanol–water partition coefficient (Wildman–Crippen LogP) is 2.61. The number of carbonyl (C=O) groups is 1. The molecule has 28 heavy (non-hydrogen) atoms. The van der Waals surface area contributed by atoms with E-state index >= 15 is 0 Å². The van der Waals surface area contributed by atoms with Crippen LogP contribution < -0.4 is 15.7 Å². The molecule has 1 amide bonds. The molecule has 0 radical (unpaired) electrons. The molecule has 0 fully saturated rings. The van der Waals surface area contributed by atoms with Gasteiger partial charge in [0.15, 0.2) is 5.82 Å². The molecule has 3 rings (SSSR count). The van der Waals surface area contributed by atoms with Crippen molar-refractivity contribution in [3.05, 3.63) is 69.4 Å². The highest BCUT2D eigenvalue weighted by Crippen LogP contribution is 2.15. The number of carbonyl (C=O) groups excluding carboxylic acids is 1. The molecule has 0 bridgehead atoms. The van der Waals surface area contributed by atoms with Crippen molar-refractivity contribution in [3.63, 3.8) is 0 Å². The number of amides is 1. The second-order valence-corrected chi connectivity index (χ2v) is 6.32. The molecule has 146 valence electrons. The molecule has 2 aromatic heterocycles. The first-order valence-electron chi connectivity index (χ1n) is 8.98.